The Hall–Kier alpha value is -3.72. The number of hydrogen-bond donors (Lipinski definition) is 4. The minimum Gasteiger partial charge on any atom is -0.380 e. The maximum Gasteiger partial charge on any atom is 0.221 e. The zero-order chi connectivity index (χ0) is 24.9. The first-order chi connectivity index (χ1) is 16.8. The number of pyridine rings is 1. The van der Waals surface area contributed by atoms with Gasteiger partial charge in [-0.25, -0.2) is 13.8 Å². The predicted octanol–water partition coefficient (Wildman–Crippen LogP) is 3.93. The fourth-order valence-corrected chi connectivity index (χ4v) is 4.38. The van der Waals surface area contributed by atoms with E-state index in [0.717, 1.165) is 42.7 Å². The number of carbonyl (C=O) groups is 1. The molecule has 1 aliphatic rings. The van der Waals surface area contributed by atoms with E-state index < -0.39 is 17.5 Å². The van der Waals surface area contributed by atoms with Crippen LogP contribution in [0.3, 0.4) is 0 Å². The van der Waals surface area contributed by atoms with Crippen LogP contribution in [0.1, 0.15) is 25.0 Å². The van der Waals surface area contributed by atoms with Gasteiger partial charge in [0.05, 0.1) is 6.42 Å². The van der Waals surface area contributed by atoms with Gasteiger partial charge in [0.2, 0.25) is 5.91 Å². The standard InChI is InChI=1S/C26H30F2N6O/c1-16-14-34(15-17(2)32-16)22-5-3-4-21(10-22)33-26-11-24(19(13-31-26)9-25(29)35)30-12-18-8-20(27)6-7-23(18)28/h3-8,10-11,13,16-17,32H,9,12,14-15H2,1-2H3,(H2,29,35)(H2,30,31,33)/t16-,17+. The number of nitrogens with one attached hydrogen (secondary N) is 3. The molecule has 1 aliphatic heterocycles. The Morgan fingerprint density at radius 3 is 2.63 bits per heavy atom. The number of primary amides is 1. The van der Waals surface area contributed by atoms with Gasteiger partial charge >= 0.3 is 0 Å². The van der Waals surface area contributed by atoms with Crippen molar-refractivity contribution in [3.8, 4) is 0 Å². The first kappa shape index (κ1) is 24.4. The van der Waals surface area contributed by atoms with Gasteiger partial charge < -0.3 is 26.6 Å². The van der Waals surface area contributed by atoms with Crippen molar-refractivity contribution in [2.75, 3.05) is 28.6 Å². The zero-order valence-electron chi connectivity index (χ0n) is 19.8. The minimum atomic E-state index is -0.522. The molecule has 2 aromatic carbocycles. The lowest BCUT2D eigenvalue weighted by molar-refractivity contribution is -0.117. The molecule has 1 saturated heterocycles. The number of nitrogens with two attached hydrogens (primary N) is 1. The van der Waals surface area contributed by atoms with Gasteiger partial charge in [0.15, 0.2) is 0 Å². The van der Waals surface area contributed by atoms with Crippen LogP contribution in [-0.2, 0) is 17.8 Å². The molecule has 1 aromatic heterocycles. The zero-order valence-corrected chi connectivity index (χ0v) is 19.8. The van der Waals surface area contributed by atoms with Crippen LogP contribution in [0.15, 0.2) is 54.7 Å². The summed E-state index contributed by atoms with van der Waals surface area (Å²) in [6, 6.07) is 13.9. The molecule has 1 fully saturated rings. The van der Waals surface area contributed by atoms with Gasteiger partial charge in [-0.05, 0) is 50.2 Å². The minimum absolute atomic E-state index is 0.0317. The highest BCUT2D eigenvalue weighted by atomic mass is 19.1. The van der Waals surface area contributed by atoms with E-state index in [4.69, 9.17) is 5.73 Å². The van der Waals surface area contributed by atoms with Gasteiger partial charge in [-0.15, -0.1) is 0 Å². The van der Waals surface area contributed by atoms with Gasteiger partial charge in [-0.2, -0.15) is 0 Å². The second-order valence-corrected chi connectivity index (χ2v) is 9.01. The molecule has 0 radical (unpaired) electrons. The Morgan fingerprint density at radius 2 is 1.89 bits per heavy atom. The number of rotatable bonds is 8. The highest BCUT2D eigenvalue weighted by Gasteiger charge is 2.21. The van der Waals surface area contributed by atoms with E-state index in [1.165, 1.54) is 0 Å². The SMILES string of the molecule is C[C@@H]1CN(c2cccc(Nc3cc(NCc4cc(F)ccc4F)c(CC(N)=O)cn3)c2)C[C@H](C)N1. The Kier molecular flexibility index (Phi) is 7.45. The number of benzene rings is 2. The molecule has 7 nitrogen and oxygen atoms in total. The average Bonchev–Trinajstić information content (AvgIpc) is 2.80. The lowest BCUT2D eigenvalue weighted by Crippen LogP contribution is -2.54. The molecule has 4 rings (SSSR count). The number of piperazine rings is 1. The second kappa shape index (κ2) is 10.7. The second-order valence-electron chi connectivity index (χ2n) is 9.01. The fourth-order valence-electron chi connectivity index (χ4n) is 4.38. The van der Waals surface area contributed by atoms with E-state index in [-0.39, 0.29) is 18.5 Å². The molecule has 0 aliphatic carbocycles. The molecule has 0 bridgehead atoms. The average molecular weight is 481 g/mol. The molecule has 5 N–H and O–H groups in total. The van der Waals surface area contributed by atoms with Gasteiger partial charge in [0, 0.05) is 72.2 Å². The molecule has 0 unspecified atom stereocenters. The van der Waals surface area contributed by atoms with Crippen molar-refractivity contribution in [1.29, 1.82) is 0 Å². The van der Waals surface area contributed by atoms with Crippen LogP contribution < -0.4 is 26.6 Å². The molecule has 1 amide bonds. The summed E-state index contributed by atoms with van der Waals surface area (Å²) >= 11 is 0. The number of amides is 1. The van der Waals surface area contributed by atoms with Crippen molar-refractivity contribution in [2.24, 2.45) is 5.73 Å². The Labute approximate surface area is 203 Å². The first-order valence-corrected chi connectivity index (χ1v) is 11.6. The van der Waals surface area contributed by atoms with Crippen LogP contribution in [0.25, 0.3) is 0 Å². The fraction of sp³-hybridized carbons (Fsp3) is 0.308. The van der Waals surface area contributed by atoms with Crippen molar-refractivity contribution in [3.63, 3.8) is 0 Å². The van der Waals surface area contributed by atoms with Crippen LogP contribution in [-0.4, -0.2) is 36.1 Å². The normalized spacial score (nSPS) is 17.8. The van der Waals surface area contributed by atoms with E-state index in [9.17, 15) is 13.6 Å². The lowest BCUT2D eigenvalue weighted by atomic mass is 10.1. The number of carbonyl (C=O) groups excluding carboxylic acids is 1. The summed E-state index contributed by atoms with van der Waals surface area (Å²) in [6.45, 7) is 6.21. The molecule has 35 heavy (non-hydrogen) atoms. The van der Waals surface area contributed by atoms with Crippen LogP contribution >= 0.6 is 0 Å². The number of hydrogen-bond acceptors (Lipinski definition) is 6. The molecule has 0 saturated carbocycles. The van der Waals surface area contributed by atoms with Crippen LogP contribution in [0.5, 0.6) is 0 Å². The Balaban J connectivity index is 1.54. The van der Waals surface area contributed by atoms with E-state index >= 15 is 0 Å². The number of aromatic nitrogens is 1. The summed E-state index contributed by atoms with van der Waals surface area (Å²) in [7, 11) is 0. The third-order valence-electron chi connectivity index (χ3n) is 5.87. The van der Waals surface area contributed by atoms with Gasteiger partial charge in [0.25, 0.3) is 0 Å². The molecule has 184 valence electrons. The summed E-state index contributed by atoms with van der Waals surface area (Å²) < 4.78 is 27.6. The lowest BCUT2D eigenvalue weighted by Gasteiger charge is -2.37. The van der Waals surface area contributed by atoms with E-state index in [1.807, 2.05) is 12.1 Å². The third kappa shape index (κ3) is 6.45. The van der Waals surface area contributed by atoms with Crippen molar-refractivity contribution >= 4 is 28.8 Å². The predicted molar refractivity (Wildman–Crippen MR) is 135 cm³/mol. The van der Waals surface area contributed by atoms with Gasteiger partial charge in [-0.1, -0.05) is 6.07 Å². The number of nitrogens with zero attached hydrogens (tertiary/aromatic N) is 2. The molecular formula is C26H30F2N6O. The molecule has 0 spiro atoms. The van der Waals surface area contributed by atoms with Crippen molar-refractivity contribution < 1.29 is 13.6 Å². The molecular weight excluding hydrogens is 450 g/mol. The van der Waals surface area contributed by atoms with E-state index in [1.54, 1.807) is 12.3 Å². The summed E-state index contributed by atoms with van der Waals surface area (Å²) in [4.78, 5) is 18.3. The van der Waals surface area contributed by atoms with Crippen LogP contribution in [0.2, 0.25) is 0 Å². The summed E-state index contributed by atoms with van der Waals surface area (Å²) in [5.41, 5.74) is 8.66. The summed E-state index contributed by atoms with van der Waals surface area (Å²) in [5, 5.41) is 9.93. The van der Waals surface area contributed by atoms with E-state index in [2.05, 4.69) is 51.8 Å². The smallest absolute Gasteiger partial charge is 0.221 e. The highest BCUT2D eigenvalue weighted by molar-refractivity contribution is 5.79. The topological polar surface area (TPSA) is 95.3 Å². The Morgan fingerprint density at radius 1 is 1.11 bits per heavy atom. The van der Waals surface area contributed by atoms with Crippen molar-refractivity contribution in [3.05, 3.63) is 77.5 Å². The van der Waals surface area contributed by atoms with E-state index in [0.29, 0.717) is 29.2 Å². The monoisotopic (exact) mass is 480 g/mol. The first-order valence-electron chi connectivity index (χ1n) is 11.6. The molecule has 9 heteroatoms. The highest BCUT2D eigenvalue weighted by Crippen LogP contribution is 2.26. The van der Waals surface area contributed by atoms with Crippen molar-refractivity contribution in [2.45, 2.75) is 38.9 Å². The van der Waals surface area contributed by atoms with Crippen LogP contribution in [0.4, 0.5) is 31.7 Å². The quantitative estimate of drug-likeness (QED) is 0.390. The number of anilines is 4. The third-order valence-corrected chi connectivity index (χ3v) is 5.87. The van der Waals surface area contributed by atoms with Gasteiger partial charge in [0.1, 0.15) is 17.5 Å². The maximum atomic E-state index is 14.1. The molecule has 2 heterocycles. The largest absolute Gasteiger partial charge is 0.380 e. The van der Waals surface area contributed by atoms with Crippen LogP contribution in [0, 0.1) is 11.6 Å². The van der Waals surface area contributed by atoms with Crippen molar-refractivity contribution in [1.82, 2.24) is 10.3 Å². The Bertz CT molecular complexity index is 1190. The molecule has 2 atom stereocenters. The maximum absolute atomic E-state index is 14.1. The molecule has 3 aromatic rings. The van der Waals surface area contributed by atoms with Gasteiger partial charge in [-0.3, -0.25) is 4.79 Å². The summed E-state index contributed by atoms with van der Waals surface area (Å²) in [5.74, 6) is -1.01. The summed E-state index contributed by atoms with van der Waals surface area (Å²) in [6.07, 6.45) is 1.52. The number of halogens is 2.